The number of aromatic nitrogens is 1. The van der Waals surface area contributed by atoms with E-state index < -0.39 is 0 Å². The second-order valence-corrected chi connectivity index (χ2v) is 3.57. The average Bonchev–Trinajstić information content (AvgIpc) is 2.72. The molecule has 0 bridgehead atoms. The van der Waals surface area contributed by atoms with Crippen molar-refractivity contribution in [3.05, 3.63) is 47.7 Å². The van der Waals surface area contributed by atoms with E-state index in [2.05, 4.69) is 10.3 Å². The van der Waals surface area contributed by atoms with Crippen molar-refractivity contribution in [3.8, 4) is 0 Å². The van der Waals surface area contributed by atoms with Gasteiger partial charge in [-0.2, -0.15) is 0 Å². The minimum atomic E-state index is 0.00197. The van der Waals surface area contributed by atoms with Crippen molar-refractivity contribution >= 4 is 5.69 Å². The molecule has 84 valence electrons. The summed E-state index contributed by atoms with van der Waals surface area (Å²) >= 11 is 0. The van der Waals surface area contributed by atoms with Crippen molar-refractivity contribution in [2.75, 3.05) is 5.32 Å². The van der Waals surface area contributed by atoms with Gasteiger partial charge in [0.25, 0.3) is 0 Å². The molecule has 0 aliphatic carbocycles. The number of furan rings is 1. The molecule has 0 radical (unpaired) electrons. The Morgan fingerprint density at radius 3 is 3.00 bits per heavy atom. The largest absolute Gasteiger partial charge is 0.467 e. The van der Waals surface area contributed by atoms with E-state index in [0.29, 0.717) is 6.54 Å². The molecule has 2 N–H and O–H groups in total. The maximum atomic E-state index is 9.14. The first kappa shape index (κ1) is 10.7. The van der Waals surface area contributed by atoms with E-state index in [1.54, 1.807) is 24.7 Å². The fraction of sp³-hybridized carbons (Fsp3) is 0.250. The molecule has 2 rings (SSSR count). The van der Waals surface area contributed by atoms with Crippen LogP contribution in [0.4, 0.5) is 5.69 Å². The van der Waals surface area contributed by atoms with Crippen molar-refractivity contribution in [1.29, 1.82) is 0 Å². The third-order valence-corrected chi connectivity index (χ3v) is 2.49. The highest BCUT2D eigenvalue weighted by Crippen LogP contribution is 2.16. The Kier molecular flexibility index (Phi) is 3.22. The number of hydrogen-bond donors (Lipinski definition) is 2. The van der Waals surface area contributed by atoms with E-state index in [1.807, 2.05) is 13.0 Å². The van der Waals surface area contributed by atoms with Gasteiger partial charge in [-0.25, -0.2) is 0 Å². The quantitative estimate of drug-likeness (QED) is 0.825. The summed E-state index contributed by atoms with van der Waals surface area (Å²) in [5.41, 5.74) is 2.78. The smallest absolute Gasteiger partial charge is 0.125 e. The number of nitrogens with one attached hydrogen (secondary N) is 1. The lowest BCUT2D eigenvalue weighted by Gasteiger charge is -2.08. The first-order chi connectivity index (χ1) is 7.81. The van der Waals surface area contributed by atoms with Gasteiger partial charge in [0.15, 0.2) is 0 Å². The molecule has 4 heteroatoms. The molecule has 0 amide bonds. The normalized spacial score (nSPS) is 10.4. The van der Waals surface area contributed by atoms with Gasteiger partial charge in [0.05, 0.1) is 31.3 Å². The second kappa shape index (κ2) is 4.81. The summed E-state index contributed by atoms with van der Waals surface area (Å²) in [6, 6.07) is 3.71. The summed E-state index contributed by atoms with van der Waals surface area (Å²) in [5, 5.41) is 12.3. The van der Waals surface area contributed by atoms with Gasteiger partial charge in [0.2, 0.25) is 0 Å². The molecule has 0 aliphatic rings. The molecule has 0 aromatic carbocycles. The highest BCUT2D eigenvalue weighted by Gasteiger charge is 2.04. The molecule has 0 aliphatic heterocycles. The number of hydrogen-bond acceptors (Lipinski definition) is 4. The molecule has 0 fully saturated rings. The summed E-state index contributed by atoms with van der Waals surface area (Å²) in [6.45, 7) is 2.59. The SMILES string of the molecule is Cc1ccoc1CNc1cnccc1CO. The minimum Gasteiger partial charge on any atom is -0.467 e. The number of nitrogens with zero attached hydrogens (tertiary/aromatic N) is 1. The Hall–Kier alpha value is -1.81. The fourth-order valence-electron chi connectivity index (χ4n) is 1.48. The van der Waals surface area contributed by atoms with Crippen molar-refractivity contribution in [2.24, 2.45) is 0 Å². The molecule has 0 unspecified atom stereocenters. The molecule has 2 heterocycles. The van der Waals surface area contributed by atoms with Gasteiger partial charge in [-0.1, -0.05) is 0 Å². The van der Waals surface area contributed by atoms with Crippen LogP contribution in [0, 0.1) is 6.92 Å². The highest BCUT2D eigenvalue weighted by atomic mass is 16.3. The first-order valence-electron chi connectivity index (χ1n) is 5.12. The van der Waals surface area contributed by atoms with Crippen LogP contribution in [0.25, 0.3) is 0 Å². The van der Waals surface area contributed by atoms with E-state index in [4.69, 9.17) is 9.52 Å². The van der Waals surface area contributed by atoms with E-state index in [0.717, 1.165) is 22.6 Å². The molecule has 0 saturated carbocycles. The molecule has 2 aromatic heterocycles. The molecular formula is C12H14N2O2. The number of anilines is 1. The van der Waals surface area contributed by atoms with Crippen LogP contribution in [0.2, 0.25) is 0 Å². The number of pyridine rings is 1. The standard InChI is InChI=1S/C12H14N2O2/c1-9-3-5-16-12(9)7-14-11-6-13-4-2-10(11)8-15/h2-6,14-15H,7-8H2,1H3. The van der Waals surface area contributed by atoms with Gasteiger partial charge in [0.1, 0.15) is 5.76 Å². The van der Waals surface area contributed by atoms with Crippen LogP contribution in [0.15, 0.2) is 35.2 Å². The zero-order valence-corrected chi connectivity index (χ0v) is 9.10. The lowest BCUT2D eigenvalue weighted by molar-refractivity contribution is 0.282. The number of aliphatic hydroxyl groups excluding tert-OH is 1. The van der Waals surface area contributed by atoms with E-state index >= 15 is 0 Å². The second-order valence-electron chi connectivity index (χ2n) is 3.57. The highest BCUT2D eigenvalue weighted by molar-refractivity contribution is 5.48. The summed E-state index contributed by atoms with van der Waals surface area (Å²) in [5.74, 6) is 0.896. The Morgan fingerprint density at radius 2 is 2.31 bits per heavy atom. The van der Waals surface area contributed by atoms with Crippen LogP contribution < -0.4 is 5.32 Å². The van der Waals surface area contributed by atoms with Crippen LogP contribution in [0.3, 0.4) is 0 Å². The van der Waals surface area contributed by atoms with E-state index in [1.165, 1.54) is 0 Å². The maximum Gasteiger partial charge on any atom is 0.125 e. The fourth-order valence-corrected chi connectivity index (χ4v) is 1.48. The van der Waals surface area contributed by atoms with Gasteiger partial charge >= 0.3 is 0 Å². The van der Waals surface area contributed by atoms with Crippen LogP contribution in [0.1, 0.15) is 16.9 Å². The minimum absolute atomic E-state index is 0.00197. The van der Waals surface area contributed by atoms with Crippen LogP contribution in [-0.2, 0) is 13.2 Å². The molecular weight excluding hydrogens is 204 g/mol. The Bertz CT molecular complexity index is 466. The lowest BCUT2D eigenvalue weighted by atomic mass is 10.2. The zero-order valence-electron chi connectivity index (χ0n) is 9.10. The van der Waals surface area contributed by atoms with Crippen LogP contribution in [-0.4, -0.2) is 10.1 Å². The van der Waals surface area contributed by atoms with Crippen molar-refractivity contribution in [3.63, 3.8) is 0 Å². The molecule has 0 spiro atoms. The lowest BCUT2D eigenvalue weighted by Crippen LogP contribution is -2.03. The maximum absolute atomic E-state index is 9.14. The molecule has 4 nitrogen and oxygen atoms in total. The Labute approximate surface area is 93.9 Å². The third kappa shape index (κ3) is 2.23. The molecule has 0 atom stereocenters. The van der Waals surface area contributed by atoms with Gasteiger partial charge in [-0.15, -0.1) is 0 Å². The van der Waals surface area contributed by atoms with E-state index in [-0.39, 0.29) is 6.61 Å². The number of aliphatic hydroxyl groups is 1. The van der Waals surface area contributed by atoms with Crippen molar-refractivity contribution < 1.29 is 9.52 Å². The molecule has 0 saturated heterocycles. The third-order valence-electron chi connectivity index (χ3n) is 2.49. The van der Waals surface area contributed by atoms with Gasteiger partial charge in [-0.3, -0.25) is 4.98 Å². The Morgan fingerprint density at radius 1 is 1.44 bits per heavy atom. The van der Waals surface area contributed by atoms with Gasteiger partial charge < -0.3 is 14.8 Å². The molecule has 16 heavy (non-hydrogen) atoms. The summed E-state index contributed by atoms with van der Waals surface area (Å²) in [7, 11) is 0. The number of aryl methyl sites for hydroxylation is 1. The van der Waals surface area contributed by atoms with E-state index in [9.17, 15) is 0 Å². The van der Waals surface area contributed by atoms with Crippen molar-refractivity contribution in [2.45, 2.75) is 20.1 Å². The van der Waals surface area contributed by atoms with Crippen molar-refractivity contribution in [1.82, 2.24) is 4.98 Å². The van der Waals surface area contributed by atoms with Crippen LogP contribution in [0.5, 0.6) is 0 Å². The van der Waals surface area contributed by atoms with Gasteiger partial charge in [0, 0.05) is 11.8 Å². The summed E-state index contributed by atoms with van der Waals surface area (Å²) in [4.78, 5) is 4.01. The number of rotatable bonds is 4. The average molecular weight is 218 g/mol. The predicted octanol–water partition coefficient (Wildman–Crippen LogP) is 2.09. The summed E-state index contributed by atoms with van der Waals surface area (Å²) in [6.07, 6.45) is 5.03. The first-order valence-corrected chi connectivity index (χ1v) is 5.12. The monoisotopic (exact) mass is 218 g/mol. The Balaban J connectivity index is 2.07. The zero-order chi connectivity index (χ0) is 11.4. The predicted molar refractivity (Wildman–Crippen MR) is 60.9 cm³/mol. The summed E-state index contributed by atoms with van der Waals surface area (Å²) < 4.78 is 5.31. The molecule has 2 aromatic rings. The van der Waals surface area contributed by atoms with Crippen LogP contribution >= 0.6 is 0 Å². The topological polar surface area (TPSA) is 58.3 Å². The van der Waals surface area contributed by atoms with Gasteiger partial charge in [-0.05, 0) is 24.6 Å².